The molecule has 0 aliphatic carbocycles. The van der Waals surface area contributed by atoms with Gasteiger partial charge in [0.05, 0.1) is 12.8 Å². The van der Waals surface area contributed by atoms with E-state index in [1.807, 2.05) is 18.2 Å². The van der Waals surface area contributed by atoms with E-state index in [0.29, 0.717) is 28.5 Å². The fourth-order valence-corrected chi connectivity index (χ4v) is 2.68. The lowest BCUT2D eigenvalue weighted by Crippen LogP contribution is -2.32. The Morgan fingerprint density at radius 1 is 0.844 bits per heavy atom. The molecule has 0 saturated heterocycles. The van der Waals surface area contributed by atoms with Crippen LogP contribution in [0, 0.1) is 0 Å². The summed E-state index contributed by atoms with van der Waals surface area (Å²) in [6.07, 6.45) is 0. The summed E-state index contributed by atoms with van der Waals surface area (Å²) in [6.45, 7) is -0.884. The number of benzene rings is 3. The van der Waals surface area contributed by atoms with Crippen molar-refractivity contribution in [2.24, 2.45) is 0 Å². The minimum absolute atomic E-state index is 0.338. The average molecular weight is 434 g/mol. The number of hydrogen-bond donors (Lipinski definition) is 2. The Bertz CT molecular complexity index is 1080. The number of amides is 2. The highest BCUT2D eigenvalue weighted by molar-refractivity contribution is 5.97. The lowest BCUT2D eigenvalue weighted by Gasteiger charge is -2.12. The van der Waals surface area contributed by atoms with Gasteiger partial charge in [-0.3, -0.25) is 14.4 Å². The lowest BCUT2D eigenvalue weighted by molar-refractivity contribution is -0.146. The Labute approximate surface area is 185 Å². The molecule has 32 heavy (non-hydrogen) atoms. The van der Waals surface area contributed by atoms with Crippen molar-refractivity contribution in [2.75, 3.05) is 25.6 Å². The predicted molar refractivity (Wildman–Crippen MR) is 118 cm³/mol. The second-order valence-corrected chi connectivity index (χ2v) is 6.53. The van der Waals surface area contributed by atoms with E-state index in [0.717, 1.165) is 0 Å². The van der Waals surface area contributed by atoms with Gasteiger partial charge in [0.1, 0.15) is 18.0 Å². The minimum Gasteiger partial charge on any atom is -0.497 e. The van der Waals surface area contributed by atoms with Gasteiger partial charge in [0.15, 0.2) is 12.4 Å². The zero-order valence-electron chi connectivity index (χ0n) is 17.4. The van der Waals surface area contributed by atoms with Crippen LogP contribution in [-0.4, -0.2) is 38.0 Å². The molecule has 8 heteroatoms. The third-order valence-electron chi connectivity index (χ3n) is 4.22. The van der Waals surface area contributed by atoms with E-state index in [9.17, 15) is 14.4 Å². The molecule has 0 spiro atoms. The second kappa shape index (κ2) is 11.2. The van der Waals surface area contributed by atoms with Crippen LogP contribution >= 0.6 is 0 Å². The van der Waals surface area contributed by atoms with Crippen LogP contribution in [0.2, 0.25) is 0 Å². The summed E-state index contributed by atoms with van der Waals surface area (Å²) in [6, 6.07) is 22.5. The van der Waals surface area contributed by atoms with Crippen LogP contribution in [0.5, 0.6) is 17.2 Å². The number of ether oxygens (including phenoxy) is 3. The van der Waals surface area contributed by atoms with Gasteiger partial charge in [-0.2, -0.15) is 0 Å². The maximum atomic E-state index is 12.2. The van der Waals surface area contributed by atoms with E-state index in [1.165, 1.54) is 7.11 Å². The highest BCUT2D eigenvalue weighted by atomic mass is 16.5. The van der Waals surface area contributed by atoms with Crippen molar-refractivity contribution in [1.82, 2.24) is 5.32 Å². The molecular formula is C24H22N2O6. The number of carbonyl (C=O) groups is 3. The van der Waals surface area contributed by atoms with Crippen molar-refractivity contribution in [3.63, 3.8) is 0 Å². The van der Waals surface area contributed by atoms with Crippen molar-refractivity contribution in [3.8, 4) is 17.2 Å². The summed E-state index contributed by atoms with van der Waals surface area (Å²) in [5, 5.41) is 5.09. The first kappa shape index (κ1) is 22.4. The summed E-state index contributed by atoms with van der Waals surface area (Å²) in [5.41, 5.74) is 0.772. The van der Waals surface area contributed by atoms with E-state index in [2.05, 4.69) is 10.6 Å². The molecule has 3 aromatic rings. The molecular weight excluding hydrogens is 412 g/mol. The monoisotopic (exact) mass is 434 g/mol. The van der Waals surface area contributed by atoms with E-state index in [4.69, 9.17) is 14.2 Å². The SMILES string of the molecule is COc1cccc(C(=O)NCC(=O)OCC(=O)Nc2ccccc2Oc2ccccc2)c1. The molecule has 3 aromatic carbocycles. The molecule has 0 aliphatic rings. The van der Waals surface area contributed by atoms with Gasteiger partial charge in [-0.25, -0.2) is 0 Å². The Balaban J connectivity index is 1.46. The molecule has 2 N–H and O–H groups in total. The topological polar surface area (TPSA) is 103 Å². The summed E-state index contributed by atoms with van der Waals surface area (Å²) >= 11 is 0. The van der Waals surface area contributed by atoms with Crippen LogP contribution < -0.4 is 20.1 Å². The molecule has 0 aliphatic heterocycles. The van der Waals surface area contributed by atoms with Crippen LogP contribution in [0.3, 0.4) is 0 Å². The summed E-state index contributed by atoms with van der Waals surface area (Å²) < 4.78 is 15.8. The third kappa shape index (κ3) is 6.60. The first-order chi connectivity index (χ1) is 15.5. The first-order valence-corrected chi connectivity index (χ1v) is 9.75. The molecule has 3 rings (SSSR count). The molecule has 2 amide bonds. The van der Waals surface area contributed by atoms with Gasteiger partial charge in [-0.15, -0.1) is 0 Å². The van der Waals surface area contributed by atoms with Gasteiger partial charge >= 0.3 is 5.97 Å². The van der Waals surface area contributed by atoms with Crippen LogP contribution in [0.1, 0.15) is 10.4 Å². The number of esters is 1. The highest BCUT2D eigenvalue weighted by Crippen LogP contribution is 2.28. The Morgan fingerprint density at radius 3 is 2.34 bits per heavy atom. The molecule has 0 fully saturated rings. The minimum atomic E-state index is -0.745. The van der Waals surface area contributed by atoms with E-state index in [1.54, 1.807) is 60.7 Å². The first-order valence-electron chi connectivity index (χ1n) is 9.75. The number of anilines is 1. The fourth-order valence-electron chi connectivity index (χ4n) is 2.68. The van der Waals surface area contributed by atoms with Crippen molar-refractivity contribution in [2.45, 2.75) is 0 Å². The van der Waals surface area contributed by atoms with E-state index in [-0.39, 0.29) is 6.54 Å². The van der Waals surface area contributed by atoms with Gasteiger partial charge in [-0.05, 0) is 42.5 Å². The Kier molecular flexibility index (Phi) is 7.80. The summed E-state index contributed by atoms with van der Waals surface area (Å²) in [7, 11) is 1.49. The summed E-state index contributed by atoms with van der Waals surface area (Å²) in [5.74, 6) is -0.158. The molecule has 0 aromatic heterocycles. The number of methoxy groups -OCH3 is 1. The smallest absolute Gasteiger partial charge is 0.325 e. The van der Waals surface area contributed by atoms with Gasteiger partial charge in [0.25, 0.3) is 11.8 Å². The summed E-state index contributed by atoms with van der Waals surface area (Å²) in [4.78, 5) is 36.2. The standard InChI is InChI=1S/C24H22N2O6/c1-30-19-11-7-8-17(14-19)24(29)25-15-23(28)31-16-22(27)26-20-12-5-6-13-21(20)32-18-9-3-2-4-10-18/h2-14H,15-16H2,1H3,(H,25,29)(H,26,27). The van der Waals surface area contributed by atoms with Crippen LogP contribution in [0.25, 0.3) is 0 Å². The second-order valence-electron chi connectivity index (χ2n) is 6.53. The van der Waals surface area contributed by atoms with E-state index < -0.39 is 24.4 Å². The molecule has 0 saturated carbocycles. The predicted octanol–water partition coefficient (Wildman–Crippen LogP) is 3.40. The van der Waals surface area contributed by atoms with Crippen molar-refractivity contribution >= 4 is 23.5 Å². The van der Waals surface area contributed by atoms with Gasteiger partial charge in [0.2, 0.25) is 0 Å². The normalized spacial score (nSPS) is 10.0. The van der Waals surface area contributed by atoms with Gasteiger partial charge in [0, 0.05) is 5.56 Å². The number of rotatable bonds is 9. The molecule has 0 unspecified atom stereocenters. The molecule has 0 bridgehead atoms. The lowest BCUT2D eigenvalue weighted by atomic mass is 10.2. The maximum absolute atomic E-state index is 12.2. The zero-order valence-corrected chi connectivity index (χ0v) is 17.4. The molecule has 0 radical (unpaired) electrons. The van der Waals surface area contributed by atoms with Crippen LogP contribution in [0.4, 0.5) is 5.69 Å². The highest BCUT2D eigenvalue weighted by Gasteiger charge is 2.13. The van der Waals surface area contributed by atoms with Gasteiger partial charge in [-0.1, -0.05) is 36.4 Å². The molecule has 0 atom stereocenters. The number of hydrogen-bond acceptors (Lipinski definition) is 6. The van der Waals surface area contributed by atoms with Crippen molar-refractivity contribution in [3.05, 3.63) is 84.4 Å². The average Bonchev–Trinajstić information content (AvgIpc) is 2.83. The van der Waals surface area contributed by atoms with Crippen LogP contribution in [0.15, 0.2) is 78.9 Å². The number of nitrogens with one attached hydrogen (secondary N) is 2. The molecule has 8 nitrogen and oxygen atoms in total. The zero-order chi connectivity index (χ0) is 22.8. The Hall–Kier alpha value is -4.33. The number of para-hydroxylation sites is 3. The largest absolute Gasteiger partial charge is 0.497 e. The Morgan fingerprint density at radius 2 is 1.56 bits per heavy atom. The van der Waals surface area contributed by atoms with E-state index >= 15 is 0 Å². The molecule has 164 valence electrons. The quantitative estimate of drug-likeness (QED) is 0.501. The number of carbonyl (C=O) groups excluding carboxylic acids is 3. The third-order valence-corrected chi connectivity index (χ3v) is 4.22. The molecule has 0 heterocycles. The van der Waals surface area contributed by atoms with Crippen LogP contribution in [-0.2, 0) is 14.3 Å². The van der Waals surface area contributed by atoms with Crippen molar-refractivity contribution in [1.29, 1.82) is 0 Å². The van der Waals surface area contributed by atoms with Crippen molar-refractivity contribution < 1.29 is 28.6 Å². The van der Waals surface area contributed by atoms with Gasteiger partial charge < -0.3 is 24.8 Å². The fraction of sp³-hybridized carbons (Fsp3) is 0.125. The maximum Gasteiger partial charge on any atom is 0.325 e.